The van der Waals surface area contributed by atoms with Gasteiger partial charge in [-0.25, -0.2) is 0 Å². The number of nitrogens with zero attached hydrogens (tertiary/aromatic N) is 1. The molecule has 0 bridgehead atoms. The average molecular weight is 255 g/mol. The maximum Gasteiger partial charge on any atom is 0.0300 e. The Hall–Kier alpha value is -1.71. The fraction of sp³-hybridized carbons (Fsp3) is 0.312. The highest BCUT2D eigenvalue weighted by atomic mass is 14.9. The first-order chi connectivity index (χ1) is 9.28. The average Bonchev–Trinajstić information content (AvgIpc) is 2.46. The van der Waals surface area contributed by atoms with E-state index in [0.29, 0.717) is 6.54 Å². The lowest BCUT2D eigenvalue weighted by molar-refractivity contribution is 0.515. The van der Waals surface area contributed by atoms with Crippen LogP contribution >= 0.6 is 0 Å². The third-order valence-electron chi connectivity index (χ3n) is 3.20. The second-order valence-electron chi connectivity index (χ2n) is 4.86. The molecule has 3 nitrogen and oxygen atoms in total. The van der Waals surface area contributed by atoms with Crippen molar-refractivity contribution in [3.8, 4) is 0 Å². The molecule has 0 fully saturated rings. The summed E-state index contributed by atoms with van der Waals surface area (Å²) < 4.78 is 0. The van der Waals surface area contributed by atoms with Crippen molar-refractivity contribution < 1.29 is 0 Å². The number of nitrogens with two attached hydrogens (primary N) is 1. The number of pyridine rings is 1. The Kier molecular flexibility index (Phi) is 5.07. The molecule has 1 unspecified atom stereocenters. The van der Waals surface area contributed by atoms with Gasteiger partial charge in [-0.1, -0.05) is 35.9 Å². The molecule has 2 aromatic rings. The van der Waals surface area contributed by atoms with Crippen molar-refractivity contribution in [1.82, 2.24) is 10.3 Å². The summed E-state index contributed by atoms with van der Waals surface area (Å²) in [5, 5.41) is 3.50. The van der Waals surface area contributed by atoms with Crippen molar-refractivity contribution in [2.75, 3.05) is 6.54 Å². The predicted octanol–water partition coefficient (Wildman–Crippen LogP) is 2.05. The van der Waals surface area contributed by atoms with Gasteiger partial charge in [0, 0.05) is 31.5 Å². The molecule has 0 aliphatic heterocycles. The zero-order valence-electron chi connectivity index (χ0n) is 11.3. The minimum absolute atomic E-state index is 0.283. The van der Waals surface area contributed by atoms with Gasteiger partial charge in [-0.05, 0) is 30.5 Å². The van der Waals surface area contributed by atoms with Crippen molar-refractivity contribution in [3.63, 3.8) is 0 Å². The summed E-state index contributed by atoms with van der Waals surface area (Å²) in [6.07, 6.45) is 4.60. The number of hydrogen-bond donors (Lipinski definition) is 2. The predicted molar refractivity (Wildman–Crippen MR) is 78.8 cm³/mol. The third-order valence-corrected chi connectivity index (χ3v) is 3.20. The summed E-state index contributed by atoms with van der Waals surface area (Å²) in [5.74, 6) is 0. The molecule has 1 atom stereocenters. The van der Waals surface area contributed by atoms with Crippen LogP contribution in [-0.2, 0) is 13.0 Å². The highest BCUT2D eigenvalue weighted by Gasteiger charge is 2.07. The Labute approximate surface area is 114 Å². The van der Waals surface area contributed by atoms with Crippen LogP contribution in [0, 0.1) is 6.92 Å². The number of benzene rings is 1. The van der Waals surface area contributed by atoms with Crippen LogP contribution in [0.3, 0.4) is 0 Å². The van der Waals surface area contributed by atoms with Gasteiger partial charge in [0.2, 0.25) is 0 Å². The molecule has 2 rings (SSSR count). The lowest BCUT2D eigenvalue weighted by Gasteiger charge is -2.17. The monoisotopic (exact) mass is 255 g/mol. The maximum atomic E-state index is 5.83. The fourth-order valence-corrected chi connectivity index (χ4v) is 2.01. The normalized spacial score (nSPS) is 12.3. The van der Waals surface area contributed by atoms with E-state index in [1.807, 2.05) is 12.3 Å². The smallest absolute Gasteiger partial charge is 0.0300 e. The van der Waals surface area contributed by atoms with Crippen LogP contribution in [0.2, 0.25) is 0 Å². The summed E-state index contributed by atoms with van der Waals surface area (Å²) >= 11 is 0. The van der Waals surface area contributed by atoms with E-state index in [2.05, 4.69) is 47.6 Å². The van der Waals surface area contributed by atoms with Crippen molar-refractivity contribution >= 4 is 0 Å². The molecule has 0 radical (unpaired) electrons. The first-order valence-electron chi connectivity index (χ1n) is 6.66. The number of hydrogen-bond acceptors (Lipinski definition) is 3. The van der Waals surface area contributed by atoms with Gasteiger partial charge < -0.3 is 11.1 Å². The molecule has 0 spiro atoms. The van der Waals surface area contributed by atoms with E-state index in [1.165, 1.54) is 16.7 Å². The summed E-state index contributed by atoms with van der Waals surface area (Å²) in [7, 11) is 0. The number of nitrogens with one attached hydrogen (secondary N) is 1. The second-order valence-corrected chi connectivity index (χ2v) is 4.86. The molecule has 0 saturated carbocycles. The summed E-state index contributed by atoms with van der Waals surface area (Å²) in [6, 6.07) is 12.9. The van der Waals surface area contributed by atoms with Gasteiger partial charge in [0.1, 0.15) is 0 Å². The van der Waals surface area contributed by atoms with Crippen LogP contribution in [0.1, 0.15) is 16.7 Å². The van der Waals surface area contributed by atoms with Gasteiger partial charge in [-0.2, -0.15) is 0 Å². The van der Waals surface area contributed by atoms with Crippen LogP contribution in [0.15, 0.2) is 48.8 Å². The largest absolute Gasteiger partial charge is 0.329 e. The Morgan fingerprint density at radius 1 is 1.16 bits per heavy atom. The molecule has 1 aromatic heterocycles. The molecule has 100 valence electrons. The Bertz CT molecular complexity index is 479. The Balaban J connectivity index is 1.87. The molecular formula is C16H21N3. The molecule has 19 heavy (non-hydrogen) atoms. The highest BCUT2D eigenvalue weighted by Crippen LogP contribution is 2.05. The molecule has 0 amide bonds. The van der Waals surface area contributed by atoms with E-state index >= 15 is 0 Å². The van der Waals surface area contributed by atoms with Gasteiger partial charge in [0.15, 0.2) is 0 Å². The molecule has 3 heteroatoms. The number of aryl methyl sites for hydroxylation is 1. The van der Waals surface area contributed by atoms with E-state index in [-0.39, 0.29) is 6.04 Å². The highest BCUT2D eigenvalue weighted by molar-refractivity contribution is 5.21. The molecule has 3 N–H and O–H groups in total. The van der Waals surface area contributed by atoms with E-state index in [9.17, 15) is 0 Å². The van der Waals surface area contributed by atoms with Gasteiger partial charge >= 0.3 is 0 Å². The minimum atomic E-state index is 0.283. The molecule has 0 aliphatic rings. The Morgan fingerprint density at radius 2 is 1.95 bits per heavy atom. The number of aromatic nitrogens is 1. The van der Waals surface area contributed by atoms with Crippen LogP contribution in [-0.4, -0.2) is 17.6 Å². The molecule has 1 aromatic carbocycles. The Morgan fingerprint density at radius 3 is 2.58 bits per heavy atom. The minimum Gasteiger partial charge on any atom is -0.329 e. The van der Waals surface area contributed by atoms with Gasteiger partial charge in [0.05, 0.1) is 0 Å². The van der Waals surface area contributed by atoms with E-state index in [4.69, 9.17) is 5.73 Å². The maximum absolute atomic E-state index is 5.83. The third kappa shape index (κ3) is 4.47. The van der Waals surface area contributed by atoms with Crippen molar-refractivity contribution in [3.05, 3.63) is 65.5 Å². The zero-order chi connectivity index (χ0) is 13.5. The van der Waals surface area contributed by atoms with Crippen molar-refractivity contribution in [1.29, 1.82) is 0 Å². The van der Waals surface area contributed by atoms with Crippen LogP contribution in [0.25, 0.3) is 0 Å². The number of rotatable bonds is 6. The van der Waals surface area contributed by atoms with E-state index in [0.717, 1.165) is 13.0 Å². The van der Waals surface area contributed by atoms with E-state index < -0.39 is 0 Å². The van der Waals surface area contributed by atoms with Gasteiger partial charge in [-0.15, -0.1) is 0 Å². The molecular weight excluding hydrogens is 234 g/mol. The van der Waals surface area contributed by atoms with E-state index in [1.54, 1.807) is 6.20 Å². The molecule has 0 saturated heterocycles. The lowest BCUT2D eigenvalue weighted by Crippen LogP contribution is -2.37. The summed E-state index contributed by atoms with van der Waals surface area (Å²) in [5.41, 5.74) is 9.62. The summed E-state index contributed by atoms with van der Waals surface area (Å²) in [6.45, 7) is 3.57. The molecule has 1 heterocycles. The topological polar surface area (TPSA) is 50.9 Å². The first kappa shape index (κ1) is 13.7. The first-order valence-corrected chi connectivity index (χ1v) is 6.66. The van der Waals surface area contributed by atoms with Crippen LogP contribution in [0.5, 0.6) is 0 Å². The molecule has 0 aliphatic carbocycles. The quantitative estimate of drug-likeness (QED) is 0.830. The van der Waals surface area contributed by atoms with Gasteiger partial charge in [0.25, 0.3) is 0 Å². The van der Waals surface area contributed by atoms with Gasteiger partial charge in [-0.3, -0.25) is 4.98 Å². The van der Waals surface area contributed by atoms with Crippen molar-refractivity contribution in [2.45, 2.75) is 25.9 Å². The fourth-order valence-electron chi connectivity index (χ4n) is 2.01. The van der Waals surface area contributed by atoms with Crippen LogP contribution < -0.4 is 11.1 Å². The van der Waals surface area contributed by atoms with Crippen LogP contribution in [0.4, 0.5) is 0 Å². The zero-order valence-corrected chi connectivity index (χ0v) is 11.3. The van der Waals surface area contributed by atoms with Crippen molar-refractivity contribution in [2.24, 2.45) is 5.73 Å². The standard InChI is InChI=1S/C16H21N3/c1-13-4-6-14(7-5-13)12-19-16(10-17)9-15-3-2-8-18-11-15/h2-8,11,16,19H,9-10,12,17H2,1H3. The SMILES string of the molecule is Cc1ccc(CNC(CN)Cc2cccnc2)cc1. The second kappa shape index (κ2) is 7.02. The summed E-state index contributed by atoms with van der Waals surface area (Å²) in [4.78, 5) is 4.13. The lowest BCUT2D eigenvalue weighted by atomic mass is 10.1.